The van der Waals surface area contributed by atoms with Crippen molar-refractivity contribution in [3.63, 3.8) is 0 Å². The van der Waals surface area contributed by atoms with E-state index in [2.05, 4.69) is 5.32 Å². The molecule has 3 N–H and O–H groups in total. The van der Waals surface area contributed by atoms with Gasteiger partial charge in [0.15, 0.2) is 5.78 Å². The summed E-state index contributed by atoms with van der Waals surface area (Å²) in [5.41, 5.74) is 5.56. The summed E-state index contributed by atoms with van der Waals surface area (Å²) in [6, 6.07) is -0.539. The lowest BCUT2D eigenvalue weighted by molar-refractivity contribution is -0.127. The summed E-state index contributed by atoms with van der Waals surface area (Å²) < 4.78 is 10.5. The van der Waals surface area contributed by atoms with E-state index < -0.39 is 6.04 Å². The Morgan fingerprint density at radius 1 is 1.10 bits per heavy atom. The third kappa shape index (κ3) is 9.55. The summed E-state index contributed by atoms with van der Waals surface area (Å²) in [5, 5.41) is 2.73. The molecule has 0 aromatic rings. The van der Waals surface area contributed by atoms with E-state index in [1.807, 2.05) is 34.6 Å². The molecule has 0 fully saturated rings. The number of hydrogen-bond acceptors (Lipinski definition) is 5. The molecule has 0 aromatic heterocycles. The Balaban J connectivity index is 3.53. The topological polar surface area (TPSA) is 90.6 Å². The van der Waals surface area contributed by atoms with Gasteiger partial charge in [0, 0.05) is 12.5 Å². The molecule has 0 saturated heterocycles. The lowest BCUT2D eigenvalue weighted by atomic mass is 9.87. The molecule has 1 atom stereocenters. The Kier molecular flexibility index (Phi) is 9.41. The van der Waals surface area contributed by atoms with Crippen molar-refractivity contribution in [2.24, 2.45) is 17.1 Å². The van der Waals surface area contributed by atoms with Crippen LogP contribution in [0.1, 0.15) is 34.6 Å². The van der Waals surface area contributed by atoms with Crippen molar-refractivity contribution in [3.05, 3.63) is 0 Å². The molecule has 1 unspecified atom stereocenters. The van der Waals surface area contributed by atoms with Crippen molar-refractivity contribution in [1.82, 2.24) is 5.32 Å². The molecule has 6 nitrogen and oxygen atoms in total. The monoisotopic (exact) mass is 302 g/mol. The Morgan fingerprint density at radius 3 is 2.19 bits per heavy atom. The minimum atomic E-state index is -0.539. The Labute approximate surface area is 127 Å². The highest BCUT2D eigenvalue weighted by Crippen LogP contribution is 2.16. The molecule has 0 rings (SSSR count). The van der Waals surface area contributed by atoms with E-state index in [0.29, 0.717) is 26.4 Å². The number of rotatable bonds is 10. The van der Waals surface area contributed by atoms with Gasteiger partial charge in [-0.1, -0.05) is 34.6 Å². The summed E-state index contributed by atoms with van der Waals surface area (Å²) in [5.74, 6) is -0.100. The summed E-state index contributed by atoms with van der Waals surface area (Å²) in [6.07, 6.45) is 0. The Morgan fingerprint density at radius 2 is 1.67 bits per heavy atom. The van der Waals surface area contributed by atoms with Crippen LogP contribution in [-0.4, -0.2) is 50.7 Å². The predicted octanol–water partition coefficient (Wildman–Crippen LogP) is 0.734. The number of nitrogens with one attached hydrogen (secondary N) is 1. The number of amides is 1. The molecule has 0 bridgehead atoms. The number of ether oxygens (including phenoxy) is 2. The normalized spacial score (nSPS) is 13.3. The molecule has 0 aliphatic heterocycles. The highest BCUT2D eigenvalue weighted by Gasteiger charge is 2.26. The summed E-state index contributed by atoms with van der Waals surface area (Å²) >= 11 is 0. The van der Waals surface area contributed by atoms with Gasteiger partial charge in [0.1, 0.15) is 6.61 Å². The zero-order valence-electron chi connectivity index (χ0n) is 13.9. The number of Topliss-reactive ketones (excluding diaryl/α,β-unsaturated/α-hetero) is 1. The van der Waals surface area contributed by atoms with Gasteiger partial charge < -0.3 is 20.5 Å². The minimum absolute atomic E-state index is 0.00634. The molecule has 0 saturated carbocycles. The lowest BCUT2D eigenvalue weighted by Crippen LogP contribution is -2.49. The standard InChI is InChI=1S/C15H30N2O4/c1-11(2)12(18)10-21-9-8-20-7-6-17-14(19)13(16)15(3,4)5/h11,13H,6-10,16H2,1-5H3,(H,17,19). The highest BCUT2D eigenvalue weighted by molar-refractivity contribution is 5.82. The van der Waals surface area contributed by atoms with E-state index >= 15 is 0 Å². The summed E-state index contributed by atoms with van der Waals surface area (Å²) in [7, 11) is 0. The second-order valence-corrected chi connectivity index (χ2v) is 6.42. The summed E-state index contributed by atoms with van der Waals surface area (Å²) in [6.45, 7) is 11.1. The maximum absolute atomic E-state index is 11.7. The van der Waals surface area contributed by atoms with Crippen LogP contribution in [0.2, 0.25) is 0 Å². The van der Waals surface area contributed by atoms with E-state index in [4.69, 9.17) is 15.2 Å². The zero-order chi connectivity index (χ0) is 16.5. The second-order valence-electron chi connectivity index (χ2n) is 6.42. The van der Waals surface area contributed by atoms with Crippen molar-refractivity contribution in [1.29, 1.82) is 0 Å². The van der Waals surface area contributed by atoms with Gasteiger partial charge in [-0.2, -0.15) is 0 Å². The highest BCUT2D eigenvalue weighted by atomic mass is 16.5. The van der Waals surface area contributed by atoms with Crippen LogP contribution in [0.15, 0.2) is 0 Å². The van der Waals surface area contributed by atoms with Gasteiger partial charge in [-0.15, -0.1) is 0 Å². The van der Waals surface area contributed by atoms with E-state index in [1.54, 1.807) is 0 Å². The van der Waals surface area contributed by atoms with Crippen molar-refractivity contribution < 1.29 is 19.1 Å². The summed E-state index contributed by atoms with van der Waals surface area (Å²) in [4.78, 5) is 23.0. The predicted molar refractivity (Wildman–Crippen MR) is 81.9 cm³/mol. The van der Waals surface area contributed by atoms with Gasteiger partial charge in [0.2, 0.25) is 5.91 Å². The van der Waals surface area contributed by atoms with E-state index in [9.17, 15) is 9.59 Å². The molecular weight excluding hydrogens is 272 g/mol. The minimum Gasteiger partial charge on any atom is -0.377 e. The maximum atomic E-state index is 11.7. The second kappa shape index (κ2) is 9.87. The fraction of sp³-hybridized carbons (Fsp3) is 0.867. The first kappa shape index (κ1) is 20.0. The average molecular weight is 302 g/mol. The third-order valence-corrected chi connectivity index (χ3v) is 3.02. The van der Waals surface area contributed by atoms with Crippen molar-refractivity contribution in [3.8, 4) is 0 Å². The van der Waals surface area contributed by atoms with Crippen LogP contribution in [0.4, 0.5) is 0 Å². The van der Waals surface area contributed by atoms with Crippen LogP contribution < -0.4 is 11.1 Å². The van der Waals surface area contributed by atoms with Gasteiger partial charge in [-0.25, -0.2) is 0 Å². The Bertz CT molecular complexity index is 324. The third-order valence-electron chi connectivity index (χ3n) is 3.02. The van der Waals surface area contributed by atoms with E-state index in [0.717, 1.165) is 0 Å². The number of carbonyl (C=O) groups excluding carboxylic acids is 2. The molecule has 1 amide bonds. The molecule has 21 heavy (non-hydrogen) atoms. The molecule has 0 heterocycles. The van der Waals surface area contributed by atoms with Gasteiger partial charge in [-0.05, 0) is 5.41 Å². The van der Waals surface area contributed by atoms with Crippen LogP contribution in [0, 0.1) is 11.3 Å². The zero-order valence-corrected chi connectivity index (χ0v) is 13.9. The molecule has 0 aliphatic rings. The first-order valence-corrected chi connectivity index (χ1v) is 7.37. The van der Waals surface area contributed by atoms with Crippen molar-refractivity contribution in [2.75, 3.05) is 33.0 Å². The van der Waals surface area contributed by atoms with Crippen LogP contribution in [-0.2, 0) is 19.1 Å². The maximum Gasteiger partial charge on any atom is 0.237 e. The molecule has 0 aromatic carbocycles. The number of nitrogens with two attached hydrogens (primary N) is 1. The van der Waals surface area contributed by atoms with Crippen LogP contribution in [0.25, 0.3) is 0 Å². The largest absolute Gasteiger partial charge is 0.377 e. The van der Waals surface area contributed by atoms with Gasteiger partial charge in [0.25, 0.3) is 0 Å². The lowest BCUT2D eigenvalue weighted by Gasteiger charge is -2.25. The smallest absolute Gasteiger partial charge is 0.237 e. The molecular formula is C15H30N2O4. The van der Waals surface area contributed by atoms with Crippen LogP contribution >= 0.6 is 0 Å². The number of ketones is 1. The first-order valence-electron chi connectivity index (χ1n) is 7.37. The van der Waals surface area contributed by atoms with Crippen molar-refractivity contribution >= 4 is 11.7 Å². The number of hydrogen-bond donors (Lipinski definition) is 2. The van der Waals surface area contributed by atoms with Crippen molar-refractivity contribution in [2.45, 2.75) is 40.7 Å². The molecule has 0 spiro atoms. The Hall–Kier alpha value is -0.980. The van der Waals surface area contributed by atoms with Gasteiger partial charge >= 0.3 is 0 Å². The molecule has 124 valence electrons. The van der Waals surface area contributed by atoms with Gasteiger partial charge in [0.05, 0.1) is 25.9 Å². The van der Waals surface area contributed by atoms with Crippen LogP contribution in [0.3, 0.4) is 0 Å². The SMILES string of the molecule is CC(C)C(=O)COCCOCCNC(=O)C(N)C(C)(C)C. The first-order chi connectivity index (χ1) is 9.66. The fourth-order valence-electron chi connectivity index (χ4n) is 1.31. The average Bonchev–Trinajstić information content (AvgIpc) is 2.38. The fourth-order valence-corrected chi connectivity index (χ4v) is 1.31. The van der Waals surface area contributed by atoms with E-state index in [1.165, 1.54) is 0 Å². The number of carbonyl (C=O) groups is 2. The molecule has 0 radical (unpaired) electrons. The van der Waals surface area contributed by atoms with E-state index in [-0.39, 0.29) is 29.6 Å². The quantitative estimate of drug-likeness (QED) is 0.581. The van der Waals surface area contributed by atoms with Crippen LogP contribution in [0.5, 0.6) is 0 Å². The van der Waals surface area contributed by atoms with Gasteiger partial charge in [-0.3, -0.25) is 9.59 Å². The molecule has 0 aliphatic carbocycles. The molecule has 6 heteroatoms.